The van der Waals surface area contributed by atoms with Gasteiger partial charge in [0.2, 0.25) is 11.8 Å². The van der Waals surface area contributed by atoms with E-state index in [0.717, 1.165) is 57.0 Å². The highest BCUT2D eigenvalue weighted by Gasteiger charge is 2.31. The number of amides is 2. The van der Waals surface area contributed by atoms with Gasteiger partial charge < -0.3 is 24.2 Å². The molecule has 3 saturated heterocycles. The van der Waals surface area contributed by atoms with Gasteiger partial charge in [0, 0.05) is 51.5 Å². The molecule has 3 heterocycles. The zero-order valence-corrected chi connectivity index (χ0v) is 18.5. The highest BCUT2D eigenvalue weighted by Crippen LogP contribution is 2.22. The Labute approximate surface area is 184 Å². The number of rotatable bonds is 5. The number of carbonyl (C=O) groups is 2. The fourth-order valence-corrected chi connectivity index (χ4v) is 4.74. The molecule has 0 aliphatic carbocycles. The Hall–Kier alpha value is -2.32. The standard InChI is InChI=1S/C23H34N4O4/c1-30-21-6-4-20(5-7-21)25-9-11-26(12-10-25)22(28)18-24-8-2-3-19(17-24)23(29)27-13-15-31-16-14-27/h4-7,19H,2-3,8-18H2,1H3. The molecule has 1 aromatic carbocycles. The normalized spacial score (nSPS) is 23.0. The van der Waals surface area contributed by atoms with Crippen molar-refractivity contribution in [2.24, 2.45) is 5.92 Å². The topological polar surface area (TPSA) is 65.6 Å². The summed E-state index contributed by atoms with van der Waals surface area (Å²) in [6.45, 7) is 7.75. The van der Waals surface area contributed by atoms with Gasteiger partial charge in [-0.1, -0.05) is 0 Å². The van der Waals surface area contributed by atoms with Gasteiger partial charge in [-0.2, -0.15) is 0 Å². The summed E-state index contributed by atoms with van der Waals surface area (Å²) in [6, 6.07) is 8.07. The van der Waals surface area contributed by atoms with Crippen molar-refractivity contribution in [2.75, 3.05) is 84.1 Å². The summed E-state index contributed by atoms with van der Waals surface area (Å²) < 4.78 is 10.6. The van der Waals surface area contributed by atoms with Gasteiger partial charge in [0.05, 0.1) is 32.8 Å². The summed E-state index contributed by atoms with van der Waals surface area (Å²) in [5.41, 5.74) is 1.16. The third kappa shape index (κ3) is 5.49. The van der Waals surface area contributed by atoms with Gasteiger partial charge in [0.25, 0.3) is 0 Å². The van der Waals surface area contributed by atoms with Crippen LogP contribution in [0.15, 0.2) is 24.3 Å². The Morgan fingerprint density at radius 2 is 1.68 bits per heavy atom. The second kappa shape index (κ2) is 10.3. The number of benzene rings is 1. The van der Waals surface area contributed by atoms with Crippen LogP contribution in [0.2, 0.25) is 0 Å². The molecular formula is C23H34N4O4. The molecule has 0 saturated carbocycles. The SMILES string of the molecule is COc1ccc(N2CCN(C(=O)CN3CCCC(C(=O)N4CCOCC4)C3)CC2)cc1. The molecule has 0 bridgehead atoms. The van der Waals surface area contributed by atoms with Crippen LogP contribution in [-0.4, -0.2) is 106 Å². The fourth-order valence-electron chi connectivity index (χ4n) is 4.74. The van der Waals surface area contributed by atoms with E-state index in [1.54, 1.807) is 7.11 Å². The number of piperazine rings is 1. The largest absolute Gasteiger partial charge is 0.497 e. The molecular weight excluding hydrogens is 396 g/mol. The van der Waals surface area contributed by atoms with E-state index in [-0.39, 0.29) is 17.7 Å². The average Bonchev–Trinajstić information content (AvgIpc) is 2.84. The van der Waals surface area contributed by atoms with E-state index < -0.39 is 0 Å². The number of hydrogen-bond donors (Lipinski definition) is 0. The number of likely N-dealkylation sites (tertiary alicyclic amines) is 1. The average molecular weight is 431 g/mol. The summed E-state index contributed by atoms with van der Waals surface area (Å²) in [5.74, 6) is 1.26. The summed E-state index contributed by atoms with van der Waals surface area (Å²) in [5, 5.41) is 0. The molecule has 3 fully saturated rings. The van der Waals surface area contributed by atoms with E-state index in [9.17, 15) is 9.59 Å². The van der Waals surface area contributed by atoms with Crippen LogP contribution in [0.3, 0.4) is 0 Å². The lowest BCUT2D eigenvalue weighted by atomic mass is 9.96. The van der Waals surface area contributed by atoms with Gasteiger partial charge in [-0.15, -0.1) is 0 Å². The van der Waals surface area contributed by atoms with E-state index >= 15 is 0 Å². The van der Waals surface area contributed by atoms with Crippen molar-refractivity contribution in [1.29, 1.82) is 0 Å². The molecule has 4 rings (SSSR count). The van der Waals surface area contributed by atoms with Crippen molar-refractivity contribution in [3.8, 4) is 5.75 Å². The van der Waals surface area contributed by atoms with Crippen LogP contribution in [0.5, 0.6) is 5.75 Å². The number of ether oxygens (including phenoxy) is 2. The van der Waals surface area contributed by atoms with Crippen LogP contribution < -0.4 is 9.64 Å². The lowest BCUT2D eigenvalue weighted by Crippen LogP contribution is -2.53. The lowest BCUT2D eigenvalue weighted by Gasteiger charge is -2.39. The molecule has 31 heavy (non-hydrogen) atoms. The van der Waals surface area contributed by atoms with Gasteiger partial charge in [-0.25, -0.2) is 0 Å². The second-order valence-electron chi connectivity index (χ2n) is 8.58. The minimum Gasteiger partial charge on any atom is -0.497 e. The molecule has 0 spiro atoms. The number of morpholine rings is 1. The zero-order valence-electron chi connectivity index (χ0n) is 18.5. The number of methoxy groups -OCH3 is 1. The number of anilines is 1. The smallest absolute Gasteiger partial charge is 0.236 e. The fraction of sp³-hybridized carbons (Fsp3) is 0.652. The molecule has 8 nitrogen and oxygen atoms in total. The second-order valence-corrected chi connectivity index (χ2v) is 8.58. The van der Waals surface area contributed by atoms with Crippen molar-refractivity contribution in [3.63, 3.8) is 0 Å². The Bertz CT molecular complexity index is 742. The van der Waals surface area contributed by atoms with E-state index in [2.05, 4.69) is 21.9 Å². The highest BCUT2D eigenvalue weighted by atomic mass is 16.5. The van der Waals surface area contributed by atoms with Crippen LogP contribution in [0.1, 0.15) is 12.8 Å². The quantitative estimate of drug-likeness (QED) is 0.692. The number of hydrogen-bond acceptors (Lipinski definition) is 6. The number of carbonyl (C=O) groups excluding carboxylic acids is 2. The maximum Gasteiger partial charge on any atom is 0.236 e. The van der Waals surface area contributed by atoms with Crippen molar-refractivity contribution < 1.29 is 19.1 Å². The monoisotopic (exact) mass is 430 g/mol. The van der Waals surface area contributed by atoms with Crippen LogP contribution in [-0.2, 0) is 14.3 Å². The summed E-state index contributed by atoms with van der Waals surface area (Å²) >= 11 is 0. The van der Waals surface area contributed by atoms with Crippen molar-refractivity contribution in [1.82, 2.24) is 14.7 Å². The number of nitrogens with zero attached hydrogens (tertiary/aromatic N) is 4. The molecule has 0 radical (unpaired) electrons. The minimum atomic E-state index is 0.00608. The van der Waals surface area contributed by atoms with Crippen molar-refractivity contribution in [3.05, 3.63) is 24.3 Å². The Morgan fingerprint density at radius 1 is 0.968 bits per heavy atom. The maximum atomic E-state index is 12.9. The predicted molar refractivity (Wildman–Crippen MR) is 118 cm³/mol. The van der Waals surface area contributed by atoms with E-state index in [1.165, 1.54) is 0 Å². The summed E-state index contributed by atoms with van der Waals surface area (Å²) in [6.07, 6.45) is 1.89. The van der Waals surface area contributed by atoms with Crippen molar-refractivity contribution >= 4 is 17.5 Å². The third-order valence-electron chi connectivity index (χ3n) is 6.61. The minimum absolute atomic E-state index is 0.00608. The molecule has 1 unspecified atom stereocenters. The predicted octanol–water partition coefficient (Wildman–Crippen LogP) is 0.915. The first-order valence-electron chi connectivity index (χ1n) is 11.4. The highest BCUT2D eigenvalue weighted by molar-refractivity contribution is 5.80. The lowest BCUT2D eigenvalue weighted by molar-refractivity contribution is -0.143. The Kier molecular flexibility index (Phi) is 7.29. The van der Waals surface area contributed by atoms with E-state index in [0.29, 0.717) is 39.4 Å². The first kappa shape index (κ1) is 21.9. The molecule has 1 atom stereocenters. The zero-order chi connectivity index (χ0) is 21.6. The van der Waals surface area contributed by atoms with Crippen LogP contribution >= 0.6 is 0 Å². The summed E-state index contributed by atoms with van der Waals surface area (Å²) in [4.78, 5) is 34.1. The summed E-state index contributed by atoms with van der Waals surface area (Å²) in [7, 11) is 1.67. The van der Waals surface area contributed by atoms with Gasteiger partial charge in [-0.05, 0) is 43.7 Å². The van der Waals surface area contributed by atoms with E-state index in [4.69, 9.17) is 9.47 Å². The van der Waals surface area contributed by atoms with Gasteiger partial charge in [0.1, 0.15) is 5.75 Å². The van der Waals surface area contributed by atoms with Crippen LogP contribution in [0, 0.1) is 5.92 Å². The Morgan fingerprint density at radius 3 is 2.35 bits per heavy atom. The molecule has 3 aliphatic heterocycles. The van der Waals surface area contributed by atoms with Crippen LogP contribution in [0.25, 0.3) is 0 Å². The molecule has 2 amide bonds. The van der Waals surface area contributed by atoms with Crippen LogP contribution in [0.4, 0.5) is 5.69 Å². The van der Waals surface area contributed by atoms with Gasteiger partial charge >= 0.3 is 0 Å². The first-order chi connectivity index (χ1) is 15.1. The molecule has 170 valence electrons. The Balaban J connectivity index is 1.24. The number of piperidine rings is 1. The van der Waals surface area contributed by atoms with Crippen molar-refractivity contribution in [2.45, 2.75) is 12.8 Å². The van der Waals surface area contributed by atoms with Gasteiger partial charge in [0.15, 0.2) is 0 Å². The molecule has 0 aromatic heterocycles. The first-order valence-corrected chi connectivity index (χ1v) is 11.4. The molecule has 8 heteroatoms. The van der Waals surface area contributed by atoms with E-state index in [1.807, 2.05) is 21.9 Å². The molecule has 0 N–H and O–H groups in total. The third-order valence-corrected chi connectivity index (χ3v) is 6.61. The molecule has 1 aromatic rings. The van der Waals surface area contributed by atoms with Gasteiger partial charge in [-0.3, -0.25) is 14.5 Å². The molecule has 3 aliphatic rings. The maximum absolute atomic E-state index is 12.9.